The van der Waals surface area contributed by atoms with E-state index < -0.39 is 0 Å². The maximum Gasteiger partial charge on any atom is 0.247 e. The molecule has 1 aliphatic heterocycles. The molecule has 3 heteroatoms. The molecular formula is C8H12BrNO. The van der Waals surface area contributed by atoms with E-state index in [2.05, 4.69) is 21.2 Å². The van der Waals surface area contributed by atoms with Gasteiger partial charge in [0.05, 0.1) is 4.83 Å². The molecule has 0 fully saturated rings. The third-order valence-electron chi connectivity index (χ3n) is 1.87. The minimum Gasteiger partial charge on any atom is -0.348 e. The van der Waals surface area contributed by atoms with Crippen molar-refractivity contribution in [3.63, 3.8) is 0 Å². The SMILES string of the molecule is CCC1=CC(Br)C(C)NC1=O. The molecule has 2 nitrogen and oxygen atoms in total. The molecule has 1 heterocycles. The first-order chi connectivity index (χ1) is 5.15. The van der Waals surface area contributed by atoms with Gasteiger partial charge in [-0.3, -0.25) is 4.79 Å². The maximum absolute atomic E-state index is 11.2. The van der Waals surface area contributed by atoms with Crippen molar-refractivity contribution < 1.29 is 4.79 Å². The molecule has 0 spiro atoms. The average molecular weight is 218 g/mol. The van der Waals surface area contributed by atoms with Crippen molar-refractivity contribution in [2.45, 2.75) is 31.1 Å². The summed E-state index contributed by atoms with van der Waals surface area (Å²) in [7, 11) is 0. The van der Waals surface area contributed by atoms with Crippen LogP contribution in [0.2, 0.25) is 0 Å². The van der Waals surface area contributed by atoms with Crippen LogP contribution in [0.3, 0.4) is 0 Å². The number of hydrogen-bond donors (Lipinski definition) is 1. The average Bonchev–Trinajstić information content (AvgIpc) is 1.97. The van der Waals surface area contributed by atoms with Crippen LogP contribution in [0.15, 0.2) is 11.6 Å². The molecular weight excluding hydrogens is 206 g/mol. The molecule has 1 aliphatic rings. The van der Waals surface area contributed by atoms with Crippen LogP contribution in [0.5, 0.6) is 0 Å². The smallest absolute Gasteiger partial charge is 0.247 e. The highest BCUT2D eigenvalue weighted by molar-refractivity contribution is 9.09. The molecule has 0 aromatic heterocycles. The molecule has 0 aliphatic carbocycles. The molecule has 11 heavy (non-hydrogen) atoms. The van der Waals surface area contributed by atoms with E-state index in [1.165, 1.54) is 0 Å². The summed E-state index contributed by atoms with van der Waals surface area (Å²) in [6.45, 7) is 3.97. The summed E-state index contributed by atoms with van der Waals surface area (Å²) in [6.07, 6.45) is 2.80. The van der Waals surface area contributed by atoms with Gasteiger partial charge >= 0.3 is 0 Å². The van der Waals surface area contributed by atoms with Crippen LogP contribution >= 0.6 is 15.9 Å². The third-order valence-corrected chi connectivity index (χ3v) is 2.93. The Labute approximate surface area is 75.2 Å². The van der Waals surface area contributed by atoms with E-state index in [-0.39, 0.29) is 16.8 Å². The van der Waals surface area contributed by atoms with E-state index in [4.69, 9.17) is 0 Å². The highest BCUT2D eigenvalue weighted by Crippen LogP contribution is 2.17. The van der Waals surface area contributed by atoms with Crippen LogP contribution < -0.4 is 5.32 Å². The second kappa shape index (κ2) is 3.39. The zero-order valence-electron chi connectivity index (χ0n) is 6.73. The van der Waals surface area contributed by atoms with Crippen LogP contribution in [0.1, 0.15) is 20.3 Å². The molecule has 1 rings (SSSR count). The Kier molecular flexibility index (Phi) is 2.71. The maximum atomic E-state index is 11.2. The van der Waals surface area contributed by atoms with E-state index in [9.17, 15) is 4.79 Å². The van der Waals surface area contributed by atoms with Gasteiger partial charge in [-0.15, -0.1) is 0 Å². The van der Waals surface area contributed by atoms with E-state index in [1.54, 1.807) is 0 Å². The first kappa shape index (κ1) is 8.78. The van der Waals surface area contributed by atoms with Gasteiger partial charge in [0.15, 0.2) is 0 Å². The Morgan fingerprint density at radius 1 is 1.73 bits per heavy atom. The number of carbonyl (C=O) groups is 1. The van der Waals surface area contributed by atoms with E-state index >= 15 is 0 Å². The van der Waals surface area contributed by atoms with Crippen LogP contribution in [-0.2, 0) is 4.79 Å². The van der Waals surface area contributed by atoms with Gasteiger partial charge in [-0.25, -0.2) is 0 Å². The molecule has 0 aromatic carbocycles. The fraction of sp³-hybridized carbons (Fsp3) is 0.625. The number of hydrogen-bond acceptors (Lipinski definition) is 1. The highest BCUT2D eigenvalue weighted by atomic mass is 79.9. The molecule has 1 N–H and O–H groups in total. The van der Waals surface area contributed by atoms with Crippen LogP contribution in [0.4, 0.5) is 0 Å². The van der Waals surface area contributed by atoms with Crippen LogP contribution in [0.25, 0.3) is 0 Å². The van der Waals surface area contributed by atoms with Crippen molar-refractivity contribution >= 4 is 21.8 Å². The molecule has 0 radical (unpaired) electrons. The lowest BCUT2D eigenvalue weighted by atomic mass is 10.0. The van der Waals surface area contributed by atoms with Crippen molar-refractivity contribution in [3.05, 3.63) is 11.6 Å². The summed E-state index contributed by atoms with van der Waals surface area (Å²) in [4.78, 5) is 11.5. The molecule has 0 aromatic rings. The Hall–Kier alpha value is -0.310. The first-order valence-electron chi connectivity index (χ1n) is 3.80. The predicted octanol–water partition coefficient (Wildman–Crippen LogP) is 1.60. The summed E-state index contributed by atoms with van der Waals surface area (Å²) in [5.74, 6) is 0.0794. The van der Waals surface area contributed by atoms with Crippen LogP contribution in [-0.4, -0.2) is 16.8 Å². The molecule has 62 valence electrons. The minimum absolute atomic E-state index is 0.0794. The minimum atomic E-state index is 0.0794. The van der Waals surface area contributed by atoms with Crippen molar-refractivity contribution in [1.82, 2.24) is 5.32 Å². The Balaban J connectivity index is 2.79. The third kappa shape index (κ3) is 1.83. The standard InChI is InChI=1S/C8H12BrNO/c1-3-6-4-7(9)5(2)10-8(6)11/h4-5,7H,3H2,1-2H3,(H,10,11). The Bertz CT molecular complexity index is 200. The quantitative estimate of drug-likeness (QED) is 0.665. The number of nitrogens with one attached hydrogen (secondary N) is 1. The summed E-state index contributed by atoms with van der Waals surface area (Å²) in [6, 6.07) is 0.206. The van der Waals surface area contributed by atoms with Gasteiger partial charge in [0.1, 0.15) is 0 Å². The van der Waals surface area contributed by atoms with Gasteiger partial charge in [-0.1, -0.05) is 28.9 Å². The van der Waals surface area contributed by atoms with E-state index in [0.717, 1.165) is 12.0 Å². The predicted molar refractivity (Wildman–Crippen MR) is 48.7 cm³/mol. The van der Waals surface area contributed by atoms with Gasteiger partial charge < -0.3 is 5.32 Å². The number of amides is 1. The molecule has 2 atom stereocenters. The van der Waals surface area contributed by atoms with Gasteiger partial charge in [-0.2, -0.15) is 0 Å². The largest absolute Gasteiger partial charge is 0.348 e. The van der Waals surface area contributed by atoms with Crippen molar-refractivity contribution in [3.8, 4) is 0 Å². The number of rotatable bonds is 1. The van der Waals surface area contributed by atoms with Gasteiger partial charge in [0.2, 0.25) is 5.91 Å². The lowest BCUT2D eigenvalue weighted by Crippen LogP contribution is -2.42. The lowest BCUT2D eigenvalue weighted by Gasteiger charge is -2.23. The Morgan fingerprint density at radius 3 is 2.91 bits per heavy atom. The van der Waals surface area contributed by atoms with Gasteiger partial charge in [-0.05, 0) is 13.3 Å². The van der Waals surface area contributed by atoms with Crippen molar-refractivity contribution in [2.24, 2.45) is 0 Å². The zero-order valence-corrected chi connectivity index (χ0v) is 8.31. The fourth-order valence-corrected chi connectivity index (χ4v) is 1.52. The topological polar surface area (TPSA) is 29.1 Å². The molecule has 2 unspecified atom stereocenters. The summed E-state index contributed by atoms with van der Waals surface area (Å²) < 4.78 is 0. The Morgan fingerprint density at radius 2 is 2.36 bits per heavy atom. The summed E-state index contributed by atoms with van der Waals surface area (Å²) in [5, 5.41) is 2.88. The fourth-order valence-electron chi connectivity index (χ4n) is 1.07. The lowest BCUT2D eigenvalue weighted by molar-refractivity contribution is -0.118. The summed E-state index contributed by atoms with van der Waals surface area (Å²) in [5.41, 5.74) is 0.880. The normalized spacial score (nSPS) is 31.2. The van der Waals surface area contributed by atoms with Gasteiger partial charge in [0, 0.05) is 11.6 Å². The van der Waals surface area contributed by atoms with Crippen molar-refractivity contribution in [1.29, 1.82) is 0 Å². The molecule has 0 saturated carbocycles. The van der Waals surface area contributed by atoms with Crippen molar-refractivity contribution in [2.75, 3.05) is 0 Å². The van der Waals surface area contributed by atoms with Crippen LogP contribution in [0, 0.1) is 0 Å². The molecule has 0 bridgehead atoms. The second-order valence-corrected chi connectivity index (χ2v) is 3.81. The highest BCUT2D eigenvalue weighted by Gasteiger charge is 2.22. The first-order valence-corrected chi connectivity index (χ1v) is 4.72. The second-order valence-electron chi connectivity index (χ2n) is 2.75. The molecule has 1 amide bonds. The van der Waals surface area contributed by atoms with E-state index in [0.29, 0.717) is 0 Å². The monoisotopic (exact) mass is 217 g/mol. The van der Waals surface area contributed by atoms with E-state index in [1.807, 2.05) is 19.9 Å². The number of carbonyl (C=O) groups excluding carboxylic acids is 1. The molecule has 0 saturated heterocycles. The summed E-state index contributed by atoms with van der Waals surface area (Å²) >= 11 is 3.47. The zero-order chi connectivity index (χ0) is 8.43. The number of halogens is 1. The number of alkyl halides is 1. The van der Waals surface area contributed by atoms with Gasteiger partial charge in [0.25, 0.3) is 0 Å².